The molecule has 0 aliphatic carbocycles. The molecule has 1 aliphatic rings. The quantitative estimate of drug-likeness (QED) is 0.460. The van der Waals surface area contributed by atoms with Crippen LogP contribution in [0, 0.1) is 5.92 Å². The van der Waals surface area contributed by atoms with Crippen LogP contribution in [-0.2, 0) is 16.0 Å². The molecule has 1 unspecified atom stereocenters. The van der Waals surface area contributed by atoms with Gasteiger partial charge < -0.3 is 14.2 Å². The summed E-state index contributed by atoms with van der Waals surface area (Å²) in [7, 11) is 3.04. The lowest BCUT2D eigenvalue weighted by Gasteiger charge is -2.23. The largest absolute Gasteiger partial charge is 0.496 e. The molecule has 1 heterocycles. The Bertz CT molecular complexity index is 506. The van der Waals surface area contributed by atoms with Gasteiger partial charge in [-0.1, -0.05) is 0 Å². The molecule has 96 valence electrons. The molecule has 0 spiro atoms. The maximum absolute atomic E-state index is 11.7. The van der Waals surface area contributed by atoms with E-state index in [1.54, 1.807) is 12.1 Å². The number of carbonyl (C=O) groups excluding carboxylic acids is 2. The SMILES string of the molecule is COc1cc(OC)c2c(c1)OC(=O)C(C(C)=O)C2. The fourth-order valence-electron chi connectivity index (χ4n) is 1.96. The van der Waals surface area contributed by atoms with Crippen molar-refractivity contribution in [2.24, 2.45) is 5.92 Å². The third-order valence-corrected chi connectivity index (χ3v) is 2.99. The highest BCUT2D eigenvalue weighted by molar-refractivity contribution is 6.00. The number of methoxy groups -OCH3 is 2. The van der Waals surface area contributed by atoms with E-state index in [4.69, 9.17) is 14.2 Å². The first-order chi connectivity index (χ1) is 8.56. The molecule has 5 heteroatoms. The number of fused-ring (bicyclic) bond motifs is 1. The first-order valence-electron chi connectivity index (χ1n) is 5.54. The molecule has 0 N–H and O–H groups in total. The Morgan fingerprint density at radius 1 is 1.33 bits per heavy atom. The van der Waals surface area contributed by atoms with Crippen molar-refractivity contribution in [3.8, 4) is 17.2 Å². The molecule has 5 nitrogen and oxygen atoms in total. The van der Waals surface area contributed by atoms with Crippen LogP contribution in [0.4, 0.5) is 0 Å². The van der Waals surface area contributed by atoms with Gasteiger partial charge in [-0.15, -0.1) is 0 Å². The van der Waals surface area contributed by atoms with E-state index in [0.29, 0.717) is 23.7 Å². The van der Waals surface area contributed by atoms with Crippen molar-refractivity contribution in [2.75, 3.05) is 14.2 Å². The summed E-state index contributed by atoms with van der Waals surface area (Å²) >= 11 is 0. The first kappa shape index (κ1) is 12.4. The summed E-state index contributed by atoms with van der Waals surface area (Å²) in [5, 5.41) is 0. The molecule has 1 aromatic carbocycles. The Hall–Kier alpha value is -2.04. The number of ether oxygens (including phenoxy) is 3. The van der Waals surface area contributed by atoms with Crippen LogP contribution < -0.4 is 14.2 Å². The lowest BCUT2D eigenvalue weighted by molar-refractivity contribution is -0.144. The van der Waals surface area contributed by atoms with Crippen molar-refractivity contribution < 1.29 is 23.8 Å². The average molecular weight is 250 g/mol. The number of Topliss-reactive ketones (excluding diaryl/α,β-unsaturated/α-hetero) is 1. The molecule has 18 heavy (non-hydrogen) atoms. The van der Waals surface area contributed by atoms with Gasteiger partial charge in [-0.2, -0.15) is 0 Å². The number of benzene rings is 1. The van der Waals surface area contributed by atoms with Crippen molar-refractivity contribution in [3.05, 3.63) is 17.7 Å². The van der Waals surface area contributed by atoms with E-state index < -0.39 is 11.9 Å². The van der Waals surface area contributed by atoms with Crippen molar-refractivity contribution in [1.29, 1.82) is 0 Å². The molecule has 0 aromatic heterocycles. The van der Waals surface area contributed by atoms with E-state index >= 15 is 0 Å². The summed E-state index contributed by atoms with van der Waals surface area (Å²) in [6.07, 6.45) is 0.302. The lowest BCUT2D eigenvalue weighted by Crippen LogP contribution is -2.32. The molecule has 0 bridgehead atoms. The van der Waals surface area contributed by atoms with Gasteiger partial charge in [0.1, 0.15) is 28.9 Å². The van der Waals surface area contributed by atoms with Gasteiger partial charge >= 0.3 is 5.97 Å². The van der Waals surface area contributed by atoms with Gasteiger partial charge in [0, 0.05) is 24.1 Å². The molecule has 0 amide bonds. The van der Waals surface area contributed by atoms with E-state index in [1.165, 1.54) is 21.1 Å². The maximum atomic E-state index is 11.7. The molecule has 0 radical (unpaired) electrons. The first-order valence-corrected chi connectivity index (χ1v) is 5.54. The van der Waals surface area contributed by atoms with Crippen LogP contribution >= 0.6 is 0 Å². The molecule has 0 saturated heterocycles. The highest BCUT2D eigenvalue weighted by Crippen LogP contribution is 2.39. The molecule has 0 fully saturated rings. The minimum atomic E-state index is -0.750. The van der Waals surface area contributed by atoms with Crippen LogP contribution in [0.5, 0.6) is 17.2 Å². The van der Waals surface area contributed by atoms with Gasteiger partial charge in [0.25, 0.3) is 0 Å². The van der Waals surface area contributed by atoms with Gasteiger partial charge in [-0.3, -0.25) is 9.59 Å². The Labute approximate surface area is 105 Å². The number of hydrogen-bond acceptors (Lipinski definition) is 5. The van der Waals surface area contributed by atoms with Crippen LogP contribution in [0.25, 0.3) is 0 Å². The summed E-state index contributed by atoms with van der Waals surface area (Å²) in [5.41, 5.74) is 0.720. The van der Waals surface area contributed by atoms with Gasteiger partial charge in [0.2, 0.25) is 0 Å². The third-order valence-electron chi connectivity index (χ3n) is 2.99. The summed E-state index contributed by atoms with van der Waals surface area (Å²) in [6.45, 7) is 1.38. The zero-order valence-corrected chi connectivity index (χ0v) is 10.5. The topological polar surface area (TPSA) is 61.8 Å². The summed E-state index contributed by atoms with van der Waals surface area (Å²) < 4.78 is 15.5. The van der Waals surface area contributed by atoms with Crippen LogP contribution in [0.3, 0.4) is 0 Å². The predicted octanol–water partition coefficient (Wildman–Crippen LogP) is 1.37. The molecule has 1 atom stereocenters. The maximum Gasteiger partial charge on any atom is 0.322 e. The zero-order valence-electron chi connectivity index (χ0n) is 10.5. The van der Waals surface area contributed by atoms with E-state index in [9.17, 15) is 9.59 Å². The van der Waals surface area contributed by atoms with Gasteiger partial charge in [0.15, 0.2) is 0 Å². The van der Waals surface area contributed by atoms with E-state index in [2.05, 4.69) is 0 Å². The van der Waals surface area contributed by atoms with Gasteiger partial charge in [-0.05, 0) is 6.92 Å². The van der Waals surface area contributed by atoms with Crippen molar-refractivity contribution in [3.63, 3.8) is 0 Å². The van der Waals surface area contributed by atoms with Crippen LogP contribution in [0.1, 0.15) is 12.5 Å². The molecule has 1 aromatic rings. The Morgan fingerprint density at radius 3 is 2.61 bits per heavy atom. The van der Waals surface area contributed by atoms with E-state index in [0.717, 1.165) is 5.56 Å². The molecular formula is C13H14O5. The second kappa shape index (κ2) is 4.68. The second-order valence-corrected chi connectivity index (χ2v) is 4.09. The van der Waals surface area contributed by atoms with Crippen molar-refractivity contribution >= 4 is 11.8 Å². The fourth-order valence-corrected chi connectivity index (χ4v) is 1.96. The number of esters is 1. The second-order valence-electron chi connectivity index (χ2n) is 4.09. The standard InChI is InChI=1S/C13H14O5/c1-7(14)9-6-10-11(17-3)4-8(16-2)5-12(10)18-13(9)15/h4-5,9H,6H2,1-3H3. The smallest absolute Gasteiger partial charge is 0.322 e. The number of hydrogen-bond donors (Lipinski definition) is 0. The van der Waals surface area contributed by atoms with Crippen LogP contribution in [-0.4, -0.2) is 26.0 Å². The van der Waals surface area contributed by atoms with Crippen LogP contribution in [0.2, 0.25) is 0 Å². The van der Waals surface area contributed by atoms with Crippen LogP contribution in [0.15, 0.2) is 12.1 Å². The Morgan fingerprint density at radius 2 is 2.06 bits per heavy atom. The van der Waals surface area contributed by atoms with E-state index in [1.807, 2.05) is 0 Å². The highest BCUT2D eigenvalue weighted by atomic mass is 16.5. The molecule has 2 rings (SSSR count). The monoisotopic (exact) mass is 250 g/mol. The fraction of sp³-hybridized carbons (Fsp3) is 0.385. The molecule has 0 saturated carbocycles. The van der Waals surface area contributed by atoms with Crippen molar-refractivity contribution in [2.45, 2.75) is 13.3 Å². The Balaban J connectivity index is 2.48. The number of carbonyl (C=O) groups is 2. The Kier molecular flexibility index (Phi) is 3.23. The molecular weight excluding hydrogens is 236 g/mol. The summed E-state index contributed by atoms with van der Waals surface area (Å²) in [5.74, 6) is 0.0186. The highest BCUT2D eigenvalue weighted by Gasteiger charge is 2.34. The predicted molar refractivity (Wildman–Crippen MR) is 63.1 cm³/mol. The number of ketones is 1. The van der Waals surface area contributed by atoms with Crippen molar-refractivity contribution in [1.82, 2.24) is 0 Å². The van der Waals surface area contributed by atoms with Gasteiger partial charge in [-0.25, -0.2) is 0 Å². The summed E-state index contributed by atoms with van der Waals surface area (Å²) in [4.78, 5) is 23.0. The minimum absolute atomic E-state index is 0.205. The lowest BCUT2D eigenvalue weighted by atomic mass is 9.92. The normalized spacial score (nSPS) is 17.7. The summed E-state index contributed by atoms with van der Waals surface area (Å²) in [6, 6.07) is 3.32. The third kappa shape index (κ3) is 2.03. The average Bonchev–Trinajstić information content (AvgIpc) is 2.35. The van der Waals surface area contributed by atoms with Gasteiger partial charge in [0.05, 0.1) is 14.2 Å². The zero-order chi connectivity index (χ0) is 13.3. The molecule has 1 aliphatic heterocycles. The van der Waals surface area contributed by atoms with E-state index in [-0.39, 0.29) is 5.78 Å². The minimum Gasteiger partial charge on any atom is -0.496 e. The number of rotatable bonds is 3.